The van der Waals surface area contributed by atoms with Crippen LogP contribution in [0.1, 0.15) is 18.7 Å². The number of thiophene rings is 1. The van der Waals surface area contributed by atoms with Crippen molar-refractivity contribution < 1.29 is 4.74 Å². The van der Waals surface area contributed by atoms with Gasteiger partial charge in [-0.2, -0.15) is 0 Å². The molecule has 0 radical (unpaired) electrons. The van der Waals surface area contributed by atoms with Crippen LogP contribution in [0.4, 0.5) is 0 Å². The Balaban J connectivity index is 1.76. The van der Waals surface area contributed by atoms with Gasteiger partial charge in [-0.15, -0.1) is 11.3 Å². The first kappa shape index (κ1) is 18.5. The fourth-order valence-corrected chi connectivity index (χ4v) is 3.58. The fourth-order valence-electron chi connectivity index (χ4n) is 2.49. The monoisotopic (exact) mass is 358 g/mol. The van der Waals surface area contributed by atoms with Crippen molar-refractivity contribution in [2.75, 3.05) is 45.9 Å². The van der Waals surface area contributed by atoms with E-state index in [0.29, 0.717) is 6.04 Å². The van der Waals surface area contributed by atoms with Gasteiger partial charge in [-0.05, 0) is 32.4 Å². The number of halogens is 1. The lowest BCUT2D eigenvalue weighted by atomic mass is 10.2. The molecule has 1 aromatic heterocycles. The van der Waals surface area contributed by atoms with E-state index in [1.54, 1.807) is 11.3 Å². The average molecular weight is 359 g/mol. The molecule has 1 aromatic rings. The predicted octanol–water partition coefficient (Wildman–Crippen LogP) is 2.22. The van der Waals surface area contributed by atoms with Gasteiger partial charge in [0, 0.05) is 37.1 Å². The maximum Gasteiger partial charge on any atom is 0.191 e. The summed E-state index contributed by atoms with van der Waals surface area (Å²) in [6.07, 6.45) is 0.959. The number of aliphatic imine (C=N–C) groups is 1. The molecule has 1 unspecified atom stereocenters. The van der Waals surface area contributed by atoms with Gasteiger partial charge in [0.15, 0.2) is 5.96 Å². The molecular weight excluding hydrogens is 332 g/mol. The molecule has 1 aliphatic heterocycles. The minimum Gasteiger partial charge on any atom is -0.379 e. The fraction of sp³-hybridized carbons (Fsp3) is 0.688. The molecule has 0 aliphatic carbocycles. The SMILES string of the molecule is CCNC(=NCC(C)N1CCOCC1)NCCc1ccc(Cl)s1. The van der Waals surface area contributed by atoms with Crippen LogP contribution < -0.4 is 10.6 Å². The predicted molar refractivity (Wildman–Crippen MR) is 98.9 cm³/mol. The van der Waals surface area contributed by atoms with E-state index in [9.17, 15) is 0 Å². The second-order valence-electron chi connectivity index (χ2n) is 5.60. The molecule has 0 aromatic carbocycles. The molecule has 7 heteroatoms. The quantitative estimate of drug-likeness (QED) is 0.579. The Morgan fingerprint density at radius 1 is 1.39 bits per heavy atom. The second-order valence-corrected chi connectivity index (χ2v) is 7.40. The molecule has 1 aliphatic rings. The smallest absolute Gasteiger partial charge is 0.191 e. The van der Waals surface area contributed by atoms with Crippen LogP contribution in [0, 0.1) is 0 Å². The molecule has 23 heavy (non-hydrogen) atoms. The Bertz CT molecular complexity index is 488. The molecule has 2 rings (SSSR count). The van der Waals surface area contributed by atoms with Crippen LogP contribution in [0.2, 0.25) is 4.34 Å². The molecule has 0 saturated carbocycles. The summed E-state index contributed by atoms with van der Waals surface area (Å²) < 4.78 is 6.25. The zero-order chi connectivity index (χ0) is 16.5. The molecule has 2 heterocycles. The molecule has 1 fully saturated rings. The summed E-state index contributed by atoms with van der Waals surface area (Å²) in [6, 6.07) is 4.47. The van der Waals surface area contributed by atoms with Gasteiger partial charge in [-0.1, -0.05) is 11.6 Å². The number of morpholine rings is 1. The highest BCUT2D eigenvalue weighted by atomic mass is 35.5. The van der Waals surface area contributed by atoms with E-state index >= 15 is 0 Å². The van der Waals surface area contributed by atoms with Crippen molar-refractivity contribution in [2.45, 2.75) is 26.3 Å². The summed E-state index contributed by atoms with van der Waals surface area (Å²) in [5.41, 5.74) is 0. The van der Waals surface area contributed by atoms with Crippen LogP contribution in [-0.4, -0.2) is 62.8 Å². The van der Waals surface area contributed by atoms with Crippen LogP contribution in [-0.2, 0) is 11.2 Å². The molecular formula is C16H27ClN4OS. The highest BCUT2D eigenvalue weighted by Crippen LogP contribution is 2.21. The van der Waals surface area contributed by atoms with Gasteiger partial charge in [-0.25, -0.2) is 0 Å². The Kier molecular flexibility index (Phi) is 8.16. The highest BCUT2D eigenvalue weighted by Gasteiger charge is 2.16. The van der Waals surface area contributed by atoms with Crippen LogP contribution in [0.5, 0.6) is 0 Å². The number of hydrogen-bond donors (Lipinski definition) is 2. The summed E-state index contributed by atoms with van der Waals surface area (Å²) in [7, 11) is 0. The Morgan fingerprint density at radius 2 is 2.17 bits per heavy atom. The van der Waals surface area contributed by atoms with E-state index in [-0.39, 0.29) is 0 Å². The first-order chi connectivity index (χ1) is 11.2. The van der Waals surface area contributed by atoms with Crippen LogP contribution >= 0.6 is 22.9 Å². The third-order valence-electron chi connectivity index (χ3n) is 3.82. The lowest BCUT2D eigenvalue weighted by Crippen LogP contribution is -2.44. The van der Waals surface area contributed by atoms with Crippen LogP contribution in [0.3, 0.4) is 0 Å². The molecule has 1 atom stereocenters. The van der Waals surface area contributed by atoms with Crippen LogP contribution in [0.15, 0.2) is 17.1 Å². The molecule has 5 nitrogen and oxygen atoms in total. The number of rotatable bonds is 7. The van der Waals surface area contributed by atoms with Gasteiger partial charge in [0.05, 0.1) is 24.1 Å². The molecule has 0 bridgehead atoms. The van der Waals surface area contributed by atoms with Gasteiger partial charge >= 0.3 is 0 Å². The van der Waals surface area contributed by atoms with Gasteiger partial charge in [-0.3, -0.25) is 9.89 Å². The number of nitrogens with zero attached hydrogens (tertiary/aromatic N) is 2. The first-order valence-electron chi connectivity index (χ1n) is 8.27. The van der Waals surface area contributed by atoms with E-state index in [4.69, 9.17) is 21.3 Å². The lowest BCUT2D eigenvalue weighted by molar-refractivity contribution is 0.0220. The lowest BCUT2D eigenvalue weighted by Gasteiger charge is -2.31. The van der Waals surface area contributed by atoms with Gasteiger partial charge in [0.1, 0.15) is 0 Å². The number of hydrogen-bond acceptors (Lipinski definition) is 4. The van der Waals surface area contributed by atoms with Crippen LogP contribution in [0.25, 0.3) is 0 Å². The third kappa shape index (κ3) is 6.67. The van der Waals surface area contributed by atoms with Crippen molar-refractivity contribution in [1.29, 1.82) is 0 Å². The summed E-state index contributed by atoms with van der Waals surface area (Å²) in [4.78, 5) is 8.44. The van der Waals surface area contributed by atoms with Crippen molar-refractivity contribution in [2.24, 2.45) is 4.99 Å². The van der Waals surface area contributed by atoms with E-state index < -0.39 is 0 Å². The van der Waals surface area contributed by atoms with Crippen molar-refractivity contribution in [3.05, 3.63) is 21.3 Å². The summed E-state index contributed by atoms with van der Waals surface area (Å²) in [5, 5.41) is 6.70. The molecule has 2 N–H and O–H groups in total. The van der Waals surface area contributed by atoms with Gasteiger partial charge in [0.2, 0.25) is 0 Å². The summed E-state index contributed by atoms with van der Waals surface area (Å²) in [5.74, 6) is 0.885. The summed E-state index contributed by atoms with van der Waals surface area (Å²) in [6.45, 7) is 10.5. The molecule has 0 spiro atoms. The van der Waals surface area contributed by atoms with E-state index in [1.165, 1.54) is 4.88 Å². The number of ether oxygens (including phenoxy) is 1. The Labute approximate surface area is 148 Å². The Morgan fingerprint density at radius 3 is 2.83 bits per heavy atom. The minimum atomic E-state index is 0.436. The van der Waals surface area contributed by atoms with E-state index in [2.05, 4.69) is 35.4 Å². The second kappa shape index (κ2) is 10.1. The van der Waals surface area contributed by atoms with Crippen molar-refractivity contribution in [3.8, 4) is 0 Å². The minimum absolute atomic E-state index is 0.436. The van der Waals surface area contributed by atoms with E-state index in [1.807, 2.05) is 6.07 Å². The van der Waals surface area contributed by atoms with Crippen molar-refractivity contribution >= 4 is 28.9 Å². The van der Waals surface area contributed by atoms with Gasteiger partial charge < -0.3 is 15.4 Å². The maximum absolute atomic E-state index is 5.96. The molecule has 0 amide bonds. The van der Waals surface area contributed by atoms with E-state index in [0.717, 1.165) is 62.7 Å². The average Bonchev–Trinajstić information content (AvgIpc) is 2.98. The van der Waals surface area contributed by atoms with Crippen molar-refractivity contribution in [3.63, 3.8) is 0 Å². The maximum atomic E-state index is 5.96. The topological polar surface area (TPSA) is 48.9 Å². The number of nitrogens with one attached hydrogen (secondary N) is 2. The normalized spacial score (nSPS) is 18.0. The number of guanidine groups is 1. The molecule has 1 saturated heterocycles. The van der Waals surface area contributed by atoms with Crippen molar-refractivity contribution in [1.82, 2.24) is 15.5 Å². The summed E-state index contributed by atoms with van der Waals surface area (Å²) >= 11 is 7.59. The first-order valence-corrected chi connectivity index (χ1v) is 9.46. The zero-order valence-electron chi connectivity index (χ0n) is 14.0. The third-order valence-corrected chi connectivity index (χ3v) is 5.11. The largest absolute Gasteiger partial charge is 0.379 e. The zero-order valence-corrected chi connectivity index (χ0v) is 15.6. The Hall–Kier alpha value is -0.820. The molecule has 130 valence electrons. The van der Waals surface area contributed by atoms with Gasteiger partial charge in [0.25, 0.3) is 0 Å². The standard InChI is InChI=1S/C16H27ClN4OS/c1-3-18-16(19-7-6-14-4-5-15(17)23-14)20-12-13(2)21-8-10-22-11-9-21/h4-5,13H,3,6-12H2,1-2H3,(H2,18,19,20). The highest BCUT2D eigenvalue weighted by molar-refractivity contribution is 7.16.